The number of nitrogen functional groups attached to an aromatic ring is 1. The number of nitrogens with two attached hydrogens (primary N) is 1. The number of hydrogen-bond donors (Lipinski definition) is 1. The lowest BCUT2D eigenvalue weighted by molar-refractivity contribution is 0.0178. The van der Waals surface area contributed by atoms with E-state index in [1.807, 2.05) is 45.0 Å². The smallest absolute Gasteiger partial charge is 0.411 e. The molecule has 1 unspecified atom stereocenters. The molecule has 140 valence electrons. The Kier molecular flexibility index (Phi) is 7.00. The minimum absolute atomic E-state index is 0.325. The van der Waals surface area contributed by atoms with Crippen LogP contribution in [0.4, 0.5) is 10.5 Å². The summed E-state index contributed by atoms with van der Waals surface area (Å²) in [7, 11) is 0. The predicted octanol–water partition coefficient (Wildman–Crippen LogP) is 5.19. The molecule has 2 N–H and O–H groups in total. The third kappa shape index (κ3) is 6.77. The van der Waals surface area contributed by atoms with E-state index in [-0.39, 0.29) is 6.09 Å². The molecular formula is C20H31ClN2O2. The molecule has 0 aromatic heterocycles. The zero-order chi connectivity index (χ0) is 18.4. The van der Waals surface area contributed by atoms with Gasteiger partial charge in [0.15, 0.2) is 0 Å². The molecule has 4 nitrogen and oxygen atoms in total. The second kappa shape index (κ2) is 8.79. The first kappa shape index (κ1) is 19.9. The third-order valence-corrected chi connectivity index (χ3v) is 4.92. The van der Waals surface area contributed by atoms with E-state index >= 15 is 0 Å². The Morgan fingerprint density at radius 1 is 1.24 bits per heavy atom. The molecule has 1 saturated carbocycles. The maximum atomic E-state index is 12.7. The van der Waals surface area contributed by atoms with Crippen molar-refractivity contribution in [1.82, 2.24) is 4.90 Å². The van der Waals surface area contributed by atoms with Crippen LogP contribution in [0.5, 0.6) is 0 Å². The molecule has 0 aliphatic heterocycles. The minimum atomic E-state index is -0.528. The molecule has 1 aromatic carbocycles. The number of benzene rings is 1. The van der Waals surface area contributed by atoms with Gasteiger partial charge in [-0.3, -0.25) is 4.90 Å². The Hall–Kier alpha value is -1.42. The van der Waals surface area contributed by atoms with Crippen molar-refractivity contribution < 1.29 is 9.53 Å². The summed E-state index contributed by atoms with van der Waals surface area (Å²) < 4.78 is 5.60. The highest BCUT2D eigenvalue weighted by Crippen LogP contribution is 2.27. The van der Waals surface area contributed by atoms with Crippen molar-refractivity contribution in [3.63, 3.8) is 0 Å². The van der Waals surface area contributed by atoms with Crippen LogP contribution in [0.15, 0.2) is 24.3 Å². The molecule has 2 rings (SSSR count). The SMILES string of the molecule is CC(C)(C)OC(=O)N(CC1CCCCC1)C(Cl)Cc1ccc(N)cc1. The Bertz CT molecular complexity index is 548. The number of anilines is 1. The summed E-state index contributed by atoms with van der Waals surface area (Å²) in [5.41, 5.74) is 6.57. The Morgan fingerprint density at radius 2 is 1.84 bits per heavy atom. The topological polar surface area (TPSA) is 55.6 Å². The molecule has 0 radical (unpaired) electrons. The molecule has 5 heteroatoms. The van der Waals surface area contributed by atoms with Gasteiger partial charge in [-0.15, -0.1) is 0 Å². The standard InChI is InChI=1S/C20H31ClN2O2/c1-20(2,3)25-19(24)23(14-16-7-5-4-6-8-16)18(21)13-15-9-11-17(22)12-10-15/h9-12,16,18H,4-8,13-14,22H2,1-3H3. The molecular weight excluding hydrogens is 336 g/mol. The first-order valence-corrected chi connectivity index (χ1v) is 9.66. The quantitative estimate of drug-likeness (QED) is 0.443. The van der Waals surface area contributed by atoms with Gasteiger partial charge >= 0.3 is 6.09 Å². The summed E-state index contributed by atoms with van der Waals surface area (Å²) in [6.07, 6.45) is 6.32. The van der Waals surface area contributed by atoms with Crippen LogP contribution in [-0.4, -0.2) is 28.6 Å². The zero-order valence-electron chi connectivity index (χ0n) is 15.6. The fourth-order valence-corrected chi connectivity index (χ4v) is 3.57. The molecule has 0 bridgehead atoms. The van der Waals surface area contributed by atoms with E-state index in [2.05, 4.69) is 0 Å². The minimum Gasteiger partial charge on any atom is -0.444 e. The van der Waals surface area contributed by atoms with Crippen molar-refractivity contribution in [2.24, 2.45) is 5.92 Å². The molecule has 1 aliphatic rings. The molecule has 1 aromatic rings. The Balaban J connectivity index is 2.07. The number of hydrogen-bond acceptors (Lipinski definition) is 3. The largest absolute Gasteiger partial charge is 0.444 e. The lowest BCUT2D eigenvalue weighted by atomic mass is 9.89. The van der Waals surface area contributed by atoms with Gasteiger partial charge in [0.05, 0.1) is 0 Å². The van der Waals surface area contributed by atoms with E-state index in [0.717, 1.165) is 24.1 Å². The highest BCUT2D eigenvalue weighted by molar-refractivity contribution is 6.21. The van der Waals surface area contributed by atoms with E-state index < -0.39 is 11.1 Å². The fraction of sp³-hybridized carbons (Fsp3) is 0.650. The van der Waals surface area contributed by atoms with E-state index in [1.54, 1.807) is 4.90 Å². The lowest BCUT2D eigenvalue weighted by Gasteiger charge is -2.34. The van der Waals surface area contributed by atoms with Gasteiger partial charge in [-0.05, 0) is 57.2 Å². The molecule has 0 saturated heterocycles. The summed E-state index contributed by atoms with van der Waals surface area (Å²) in [4.78, 5) is 14.4. The molecule has 1 atom stereocenters. The second-order valence-electron chi connectivity index (χ2n) is 8.02. The van der Waals surface area contributed by atoms with Gasteiger partial charge < -0.3 is 10.5 Å². The summed E-state index contributed by atoms with van der Waals surface area (Å²) in [5, 5.41) is 0. The van der Waals surface area contributed by atoms with Crippen molar-refractivity contribution in [3.05, 3.63) is 29.8 Å². The van der Waals surface area contributed by atoms with Crippen LogP contribution in [0.2, 0.25) is 0 Å². The Morgan fingerprint density at radius 3 is 2.40 bits per heavy atom. The van der Waals surface area contributed by atoms with Crippen LogP contribution in [0, 0.1) is 5.92 Å². The van der Waals surface area contributed by atoms with Crippen molar-refractivity contribution in [2.75, 3.05) is 12.3 Å². The summed E-state index contributed by atoms with van der Waals surface area (Å²) in [6, 6.07) is 7.63. The normalized spacial score (nSPS) is 17.1. The van der Waals surface area contributed by atoms with Crippen molar-refractivity contribution in [3.8, 4) is 0 Å². The van der Waals surface area contributed by atoms with Crippen LogP contribution < -0.4 is 5.73 Å². The number of alkyl halides is 1. The third-order valence-electron chi connectivity index (χ3n) is 4.53. The van der Waals surface area contributed by atoms with Crippen LogP contribution >= 0.6 is 11.6 Å². The summed E-state index contributed by atoms with van der Waals surface area (Å²) in [6.45, 7) is 6.31. The fourth-order valence-electron chi connectivity index (χ4n) is 3.23. The van der Waals surface area contributed by atoms with E-state index in [0.29, 0.717) is 18.9 Å². The number of rotatable bonds is 5. The highest BCUT2D eigenvalue weighted by Gasteiger charge is 2.30. The molecule has 1 amide bonds. The molecule has 0 spiro atoms. The summed E-state index contributed by atoms with van der Waals surface area (Å²) in [5.74, 6) is 0.508. The molecule has 1 aliphatic carbocycles. The molecule has 0 heterocycles. The zero-order valence-corrected chi connectivity index (χ0v) is 16.4. The van der Waals surface area contributed by atoms with Crippen LogP contribution in [0.25, 0.3) is 0 Å². The second-order valence-corrected chi connectivity index (χ2v) is 8.52. The van der Waals surface area contributed by atoms with Gasteiger partial charge in [0.25, 0.3) is 0 Å². The summed E-state index contributed by atoms with van der Waals surface area (Å²) >= 11 is 6.66. The number of amides is 1. The van der Waals surface area contributed by atoms with Crippen molar-refractivity contribution in [1.29, 1.82) is 0 Å². The van der Waals surface area contributed by atoms with Crippen molar-refractivity contribution >= 4 is 23.4 Å². The monoisotopic (exact) mass is 366 g/mol. The maximum Gasteiger partial charge on any atom is 0.411 e. The number of carbonyl (C=O) groups excluding carboxylic acids is 1. The van der Waals surface area contributed by atoms with E-state index in [4.69, 9.17) is 22.1 Å². The average Bonchev–Trinajstić information content (AvgIpc) is 2.54. The Labute approximate surface area is 156 Å². The molecule has 1 fully saturated rings. The van der Waals surface area contributed by atoms with Crippen LogP contribution in [0.3, 0.4) is 0 Å². The van der Waals surface area contributed by atoms with Crippen molar-refractivity contribution in [2.45, 2.75) is 70.4 Å². The number of nitrogens with zero attached hydrogens (tertiary/aromatic N) is 1. The maximum absolute atomic E-state index is 12.7. The highest BCUT2D eigenvalue weighted by atomic mass is 35.5. The van der Waals surface area contributed by atoms with Gasteiger partial charge in [-0.2, -0.15) is 0 Å². The first-order valence-electron chi connectivity index (χ1n) is 9.23. The van der Waals surface area contributed by atoms with E-state index in [1.165, 1.54) is 19.3 Å². The van der Waals surface area contributed by atoms with Gasteiger partial charge in [0.1, 0.15) is 11.1 Å². The van der Waals surface area contributed by atoms with Gasteiger partial charge in [0, 0.05) is 18.7 Å². The lowest BCUT2D eigenvalue weighted by Crippen LogP contribution is -2.44. The van der Waals surface area contributed by atoms with Gasteiger partial charge in [-0.1, -0.05) is 43.0 Å². The number of carbonyl (C=O) groups is 1. The number of halogens is 1. The number of ether oxygens (including phenoxy) is 1. The molecule has 25 heavy (non-hydrogen) atoms. The first-order chi connectivity index (χ1) is 11.7. The average molecular weight is 367 g/mol. The predicted molar refractivity (Wildman–Crippen MR) is 104 cm³/mol. The van der Waals surface area contributed by atoms with Gasteiger partial charge in [-0.25, -0.2) is 4.79 Å². The van der Waals surface area contributed by atoms with Crippen LogP contribution in [-0.2, 0) is 11.2 Å². The van der Waals surface area contributed by atoms with Gasteiger partial charge in [0.2, 0.25) is 0 Å². The van der Waals surface area contributed by atoms with E-state index in [9.17, 15) is 4.79 Å². The van der Waals surface area contributed by atoms with Crippen LogP contribution in [0.1, 0.15) is 58.4 Å².